The maximum atomic E-state index is 12.9. The topological polar surface area (TPSA) is 41.6 Å². The van der Waals surface area contributed by atoms with Crippen molar-refractivity contribution < 1.29 is 13.9 Å². The molecule has 1 saturated heterocycles. The predicted molar refractivity (Wildman–Crippen MR) is 90.1 cm³/mol. The molecule has 0 saturated carbocycles. The van der Waals surface area contributed by atoms with E-state index in [1.54, 1.807) is 0 Å². The summed E-state index contributed by atoms with van der Waals surface area (Å²) in [7, 11) is 0. The van der Waals surface area contributed by atoms with E-state index in [-0.39, 0.29) is 11.7 Å². The summed E-state index contributed by atoms with van der Waals surface area (Å²) in [6, 6.07) is 13.8. The lowest BCUT2D eigenvalue weighted by atomic mass is 10.1. The Kier molecular flexibility index (Phi) is 5.56. The van der Waals surface area contributed by atoms with Crippen LogP contribution in [0.5, 0.6) is 0 Å². The molecule has 1 amide bonds. The predicted octanol–water partition coefficient (Wildman–Crippen LogP) is 2.59. The van der Waals surface area contributed by atoms with E-state index in [1.807, 2.05) is 12.1 Å². The van der Waals surface area contributed by atoms with Crippen LogP contribution in [0.3, 0.4) is 0 Å². The summed E-state index contributed by atoms with van der Waals surface area (Å²) >= 11 is 0. The summed E-state index contributed by atoms with van der Waals surface area (Å²) in [6.07, 6.45) is 0. The Morgan fingerprint density at radius 1 is 1.08 bits per heavy atom. The van der Waals surface area contributed by atoms with Crippen molar-refractivity contribution in [2.75, 3.05) is 26.3 Å². The monoisotopic (exact) mass is 328 g/mol. The molecular weight excluding hydrogens is 307 g/mol. The van der Waals surface area contributed by atoms with Gasteiger partial charge in [0, 0.05) is 31.7 Å². The van der Waals surface area contributed by atoms with Crippen molar-refractivity contribution in [3.8, 4) is 0 Å². The Labute approximate surface area is 141 Å². The van der Waals surface area contributed by atoms with Crippen LogP contribution in [0.15, 0.2) is 48.5 Å². The van der Waals surface area contributed by atoms with Crippen LogP contribution in [0.1, 0.15) is 21.5 Å². The van der Waals surface area contributed by atoms with E-state index < -0.39 is 0 Å². The molecule has 0 aromatic heterocycles. The first kappa shape index (κ1) is 16.6. The third-order valence-corrected chi connectivity index (χ3v) is 4.06. The second kappa shape index (κ2) is 8.04. The summed E-state index contributed by atoms with van der Waals surface area (Å²) in [5.74, 6) is -0.545. The van der Waals surface area contributed by atoms with Gasteiger partial charge in [-0.05, 0) is 35.4 Å². The van der Waals surface area contributed by atoms with E-state index in [2.05, 4.69) is 22.3 Å². The number of benzene rings is 2. The van der Waals surface area contributed by atoms with Gasteiger partial charge in [-0.15, -0.1) is 0 Å². The quantitative estimate of drug-likeness (QED) is 0.917. The molecule has 24 heavy (non-hydrogen) atoms. The van der Waals surface area contributed by atoms with Crippen molar-refractivity contribution in [1.82, 2.24) is 10.2 Å². The molecule has 0 atom stereocenters. The van der Waals surface area contributed by atoms with Gasteiger partial charge in [0.25, 0.3) is 5.91 Å². The number of hydrogen-bond acceptors (Lipinski definition) is 3. The first-order chi connectivity index (χ1) is 11.7. The van der Waals surface area contributed by atoms with E-state index in [0.29, 0.717) is 12.1 Å². The number of morpholine rings is 1. The Morgan fingerprint density at radius 3 is 2.54 bits per heavy atom. The molecule has 5 heteroatoms. The minimum Gasteiger partial charge on any atom is -0.379 e. The van der Waals surface area contributed by atoms with Crippen molar-refractivity contribution in [1.29, 1.82) is 0 Å². The van der Waals surface area contributed by atoms with Crippen LogP contribution in [-0.4, -0.2) is 37.1 Å². The van der Waals surface area contributed by atoms with Gasteiger partial charge >= 0.3 is 0 Å². The second-order valence-corrected chi connectivity index (χ2v) is 5.90. The van der Waals surface area contributed by atoms with Crippen LogP contribution in [0.25, 0.3) is 0 Å². The number of nitrogens with one attached hydrogen (secondary N) is 1. The second-order valence-electron chi connectivity index (χ2n) is 5.90. The molecule has 0 unspecified atom stereocenters. The van der Waals surface area contributed by atoms with Gasteiger partial charge in [-0.2, -0.15) is 0 Å². The molecule has 0 spiro atoms. The number of carbonyl (C=O) groups excluding carboxylic acids is 1. The first-order valence-electron chi connectivity index (χ1n) is 8.12. The fourth-order valence-electron chi connectivity index (χ4n) is 2.74. The molecule has 1 heterocycles. The summed E-state index contributed by atoms with van der Waals surface area (Å²) in [4.78, 5) is 14.4. The van der Waals surface area contributed by atoms with Crippen LogP contribution >= 0.6 is 0 Å². The van der Waals surface area contributed by atoms with Gasteiger partial charge in [0.15, 0.2) is 0 Å². The number of halogens is 1. The summed E-state index contributed by atoms with van der Waals surface area (Å²) < 4.78 is 18.3. The summed E-state index contributed by atoms with van der Waals surface area (Å²) in [5, 5.41) is 2.87. The number of carbonyl (C=O) groups is 1. The summed E-state index contributed by atoms with van der Waals surface area (Å²) in [6.45, 7) is 4.81. The van der Waals surface area contributed by atoms with E-state index >= 15 is 0 Å². The van der Waals surface area contributed by atoms with Crippen molar-refractivity contribution in [2.24, 2.45) is 0 Å². The zero-order valence-electron chi connectivity index (χ0n) is 13.5. The Bertz CT molecular complexity index is 682. The molecule has 126 valence electrons. The zero-order chi connectivity index (χ0) is 16.8. The molecule has 0 aliphatic carbocycles. The molecule has 3 rings (SSSR count). The third-order valence-electron chi connectivity index (χ3n) is 4.06. The SMILES string of the molecule is O=C(NCc1cccc(CN2CCOCC2)c1)c1ccc(F)cc1. The van der Waals surface area contributed by atoms with Crippen molar-refractivity contribution in [3.05, 3.63) is 71.0 Å². The van der Waals surface area contributed by atoms with Crippen molar-refractivity contribution in [3.63, 3.8) is 0 Å². The van der Waals surface area contributed by atoms with E-state index in [9.17, 15) is 9.18 Å². The van der Waals surface area contributed by atoms with E-state index in [1.165, 1.54) is 29.8 Å². The fourth-order valence-corrected chi connectivity index (χ4v) is 2.74. The highest BCUT2D eigenvalue weighted by Crippen LogP contribution is 2.10. The first-order valence-corrected chi connectivity index (χ1v) is 8.12. The summed E-state index contributed by atoms with van der Waals surface area (Å²) in [5.41, 5.74) is 2.74. The minimum absolute atomic E-state index is 0.200. The smallest absolute Gasteiger partial charge is 0.251 e. The van der Waals surface area contributed by atoms with Gasteiger partial charge in [0.2, 0.25) is 0 Å². The largest absolute Gasteiger partial charge is 0.379 e. The van der Waals surface area contributed by atoms with Gasteiger partial charge in [-0.1, -0.05) is 24.3 Å². The van der Waals surface area contributed by atoms with Crippen LogP contribution in [0, 0.1) is 5.82 Å². The van der Waals surface area contributed by atoms with Crippen molar-refractivity contribution >= 4 is 5.91 Å². The van der Waals surface area contributed by atoms with Crippen LogP contribution in [-0.2, 0) is 17.8 Å². The number of nitrogens with zero attached hydrogens (tertiary/aromatic N) is 1. The minimum atomic E-state index is -0.345. The highest BCUT2D eigenvalue weighted by Gasteiger charge is 2.11. The fraction of sp³-hybridized carbons (Fsp3) is 0.316. The van der Waals surface area contributed by atoms with Gasteiger partial charge < -0.3 is 10.1 Å². The Morgan fingerprint density at radius 2 is 1.79 bits per heavy atom. The standard InChI is InChI=1S/C19H21FN2O2/c20-18-6-4-17(5-7-18)19(23)21-13-15-2-1-3-16(12-15)14-22-8-10-24-11-9-22/h1-7,12H,8-11,13-14H2,(H,21,23). The Balaban J connectivity index is 1.56. The number of rotatable bonds is 5. The molecule has 0 bridgehead atoms. The molecule has 1 fully saturated rings. The van der Waals surface area contributed by atoms with Crippen LogP contribution in [0.2, 0.25) is 0 Å². The van der Waals surface area contributed by atoms with Crippen LogP contribution < -0.4 is 5.32 Å². The lowest BCUT2D eigenvalue weighted by Crippen LogP contribution is -2.35. The maximum absolute atomic E-state index is 12.9. The molecule has 1 aliphatic rings. The van der Waals surface area contributed by atoms with Gasteiger partial charge in [0.05, 0.1) is 13.2 Å². The third kappa shape index (κ3) is 4.63. The van der Waals surface area contributed by atoms with Gasteiger partial charge in [-0.25, -0.2) is 4.39 Å². The highest BCUT2D eigenvalue weighted by atomic mass is 19.1. The Hall–Kier alpha value is -2.24. The number of amides is 1. The lowest BCUT2D eigenvalue weighted by Gasteiger charge is -2.26. The van der Waals surface area contributed by atoms with Crippen molar-refractivity contribution in [2.45, 2.75) is 13.1 Å². The molecule has 2 aromatic rings. The number of hydrogen-bond donors (Lipinski definition) is 1. The van der Waals surface area contributed by atoms with E-state index in [0.717, 1.165) is 38.4 Å². The molecule has 1 N–H and O–H groups in total. The van der Waals surface area contributed by atoms with Gasteiger partial charge in [-0.3, -0.25) is 9.69 Å². The van der Waals surface area contributed by atoms with Gasteiger partial charge in [0.1, 0.15) is 5.82 Å². The average molecular weight is 328 g/mol. The highest BCUT2D eigenvalue weighted by molar-refractivity contribution is 5.94. The molecule has 4 nitrogen and oxygen atoms in total. The van der Waals surface area contributed by atoms with E-state index in [4.69, 9.17) is 4.74 Å². The number of ether oxygens (including phenoxy) is 1. The lowest BCUT2D eigenvalue weighted by molar-refractivity contribution is 0.0342. The zero-order valence-corrected chi connectivity index (χ0v) is 13.5. The maximum Gasteiger partial charge on any atom is 0.251 e. The molecular formula is C19H21FN2O2. The normalized spacial score (nSPS) is 15.2. The molecule has 2 aromatic carbocycles. The average Bonchev–Trinajstić information content (AvgIpc) is 2.61. The van der Waals surface area contributed by atoms with Crippen LogP contribution in [0.4, 0.5) is 4.39 Å². The molecule has 1 aliphatic heterocycles. The molecule has 0 radical (unpaired) electrons.